The van der Waals surface area contributed by atoms with E-state index in [4.69, 9.17) is 4.74 Å². The van der Waals surface area contributed by atoms with Gasteiger partial charge in [-0.25, -0.2) is 4.98 Å². The lowest BCUT2D eigenvalue weighted by molar-refractivity contribution is -0.138. The molecule has 1 N–H and O–H groups in total. The number of aromatic nitrogens is 1. The first-order chi connectivity index (χ1) is 9.69. The van der Waals surface area contributed by atoms with E-state index in [0.717, 1.165) is 49.8 Å². The van der Waals surface area contributed by atoms with E-state index in [1.807, 2.05) is 6.92 Å². The molecule has 20 heavy (non-hydrogen) atoms. The lowest BCUT2D eigenvalue weighted by atomic mass is 10.1. The third-order valence-corrected chi connectivity index (χ3v) is 5.31. The van der Waals surface area contributed by atoms with E-state index in [2.05, 4.69) is 9.88 Å². The lowest BCUT2D eigenvalue weighted by Crippen LogP contribution is -2.37. The Morgan fingerprint density at radius 1 is 1.45 bits per heavy atom. The van der Waals surface area contributed by atoms with E-state index in [1.165, 1.54) is 4.88 Å². The van der Waals surface area contributed by atoms with Gasteiger partial charge in [-0.05, 0) is 32.6 Å². The number of ether oxygens (including phenoxy) is 1. The van der Waals surface area contributed by atoms with Crippen molar-refractivity contribution in [2.75, 3.05) is 24.6 Å². The minimum atomic E-state index is -0.740. The second-order valence-electron chi connectivity index (χ2n) is 5.38. The summed E-state index contributed by atoms with van der Waals surface area (Å²) in [6.07, 6.45) is 3.99. The second-order valence-corrected chi connectivity index (χ2v) is 6.44. The van der Waals surface area contributed by atoms with Crippen molar-refractivity contribution >= 4 is 22.4 Å². The van der Waals surface area contributed by atoms with Crippen LogP contribution in [0.5, 0.6) is 0 Å². The number of fused-ring (bicyclic) bond motifs is 1. The quantitative estimate of drug-likeness (QED) is 0.923. The molecule has 6 heteroatoms. The maximum absolute atomic E-state index is 11.2. The number of nitrogens with zero attached hydrogens (tertiary/aromatic N) is 2. The van der Waals surface area contributed by atoms with E-state index < -0.39 is 11.9 Å². The molecule has 0 bridgehead atoms. The zero-order chi connectivity index (χ0) is 14.1. The summed E-state index contributed by atoms with van der Waals surface area (Å²) in [4.78, 5) is 19.3. The van der Waals surface area contributed by atoms with Gasteiger partial charge < -0.3 is 14.7 Å². The Morgan fingerprint density at radius 3 is 2.85 bits per heavy atom. The van der Waals surface area contributed by atoms with Crippen molar-refractivity contribution in [1.29, 1.82) is 0 Å². The average molecular weight is 296 g/mol. The van der Waals surface area contributed by atoms with Crippen molar-refractivity contribution in [3.63, 3.8) is 0 Å². The summed E-state index contributed by atoms with van der Waals surface area (Å²) in [6, 6.07) is 0. The summed E-state index contributed by atoms with van der Waals surface area (Å²) in [7, 11) is 0. The van der Waals surface area contributed by atoms with E-state index in [0.29, 0.717) is 12.5 Å². The number of thiazole rings is 1. The van der Waals surface area contributed by atoms with Gasteiger partial charge in [-0.15, -0.1) is 11.3 Å². The number of rotatable bonds is 4. The molecule has 0 saturated carbocycles. The van der Waals surface area contributed by atoms with Gasteiger partial charge in [-0.3, -0.25) is 4.79 Å². The van der Waals surface area contributed by atoms with Crippen LogP contribution in [0.3, 0.4) is 0 Å². The number of hydrogen-bond donors (Lipinski definition) is 1. The van der Waals surface area contributed by atoms with Crippen LogP contribution >= 0.6 is 11.3 Å². The summed E-state index contributed by atoms with van der Waals surface area (Å²) in [6.45, 7) is 4.71. The Balaban J connectivity index is 1.68. The fourth-order valence-corrected chi connectivity index (χ4v) is 4.23. The van der Waals surface area contributed by atoms with Gasteiger partial charge in [0.2, 0.25) is 0 Å². The zero-order valence-electron chi connectivity index (χ0n) is 11.7. The van der Waals surface area contributed by atoms with Crippen LogP contribution in [-0.2, 0) is 16.0 Å². The van der Waals surface area contributed by atoms with E-state index >= 15 is 0 Å². The van der Waals surface area contributed by atoms with Crippen LogP contribution in [-0.4, -0.2) is 41.9 Å². The molecule has 3 rings (SSSR count). The molecule has 1 aromatic heterocycles. The third kappa shape index (κ3) is 2.54. The lowest BCUT2D eigenvalue weighted by Gasteiger charge is -2.31. The number of carboxylic acids is 1. The number of aliphatic carboxylic acids is 1. The fraction of sp³-hybridized carbons (Fsp3) is 0.714. The second kappa shape index (κ2) is 5.69. The van der Waals surface area contributed by atoms with Crippen LogP contribution < -0.4 is 4.90 Å². The van der Waals surface area contributed by atoms with Crippen molar-refractivity contribution in [3.05, 3.63) is 10.6 Å². The van der Waals surface area contributed by atoms with Gasteiger partial charge in [-0.1, -0.05) is 0 Å². The molecule has 1 aliphatic heterocycles. The molecule has 1 aromatic rings. The van der Waals surface area contributed by atoms with Crippen LogP contribution in [0, 0.1) is 0 Å². The first kappa shape index (κ1) is 13.8. The molecule has 2 heterocycles. The molecule has 110 valence electrons. The van der Waals surface area contributed by atoms with Crippen molar-refractivity contribution in [2.45, 2.75) is 44.6 Å². The number of hydrogen-bond acceptors (Lipinski definition) is 5. The molecule has 0 aromatic carbocycles. The monoisotopic (exact) mass is 296 g/mol. The van der Waals surface area contributed by atoms with Gasteiger partial charge in [0.05, 0.1) is 11.8 Å². The van der Waals surface area contributed by atoms with Crippen LogP contribution in [0.25, 0.3) is 0 Å². The molecule has 0 spiro atoms. The Bertz CT molecular complexity index is 495. The summed E-state index contributed by atoms with van der Waals surface area (Å²) in [5, 5.41) is 10.2. The molecule has 5 nitrogen and oxygen atoms in total. The molecule has 1 atom stereocenters. The topological polar surface area (TPSA) is 62.7 Å². The SMILES string of the molecule is CCOC1CCN(c2nc3c(s2)CCC3C(=O)O)CC1. The number of carboxylic acid groups (broad SMARTS) is 1. The Hall–Kier alpha value is -1.14. The van der Waals surface area contributed by atoms with Gasteiger partial charge in [0.25, 0.3) is 0 Å². The highest BCUT2D eigenvalue weighted by atomic mass is 32.1. The Kier molecular flexibility index (Phi) is 3.94. The van der Waals surface area contributed by atoms with Crippen molar-refractivity contribution < 1.29 is 14.6 Å². The maximum atomic E-state index is 11.2. The van der Waals surface area contributed by atoms with Crippen LogP contribution in [0.15, 0.2) is 0 Å². The van der Waals surface area contributed by atoms with Gasteiger partial charge in [0.1, 0.15) is 5.92 Å². The predicted molar refractivity (Wildman–Crippen MR) is 77.7 cm³/mol. The van der Waals surface area contributed by atoms with Crippen molar-refractivity contribution in [3.8, 4) is 0 Å². The van der Waals surface area contributed by atoms with Gasteiger partial charge in [0.15, 0.2) is 5.13 Å². The highest BCUT2D eigenvalue weighted by Gasteiger charge is 2.33. The number of piperidine rings is 1. The summed E-state index contributed by atoms with van der Waals surface area (Å²) in [5.74, 6) is -1.13. The fourth-order valence-electron chi connectivity index (χ4n) is 3.04. The van der Waals surface area contributed by atoms with E-state index in [9.17, 15) is 9.90 Å². The molecule has 0 amide bonds. The third-order valence-electron chi connectivity index (χ3n) is 4.12. The molecule has 1 saturated heterocycles. The van der Waals surface area contributed by atoms with Gasteiger partial charge in [-0.2, -0.15) is 0 Å². The summed E-state index contributed by atoms with van der Waals surface area (Å²) < 4.78 is 5.66. The van der Waals surface area contributed by atoms with E-state index in [1.54, 1.807) is 11.3 Å². The van der Waals surface area contributed by atoms with Crippen LogP contribution in [0.1, 0.15) is 42.7 Å². The zero-order valence-corrected chi connectivity index (χ0v) is 12.5. The van der Waals surface area contributed by atoms with Gasteiger partial charge >= 0.3 is 5.97 Å². The number of aryl methyl sites for hydroxylation is 1. The molecular formula is C14H20N2O3S. The molecular weight excluding hydrogens is 276 g/mol. The van der Waals surface area contributed by atoms with Crippen LogP contribution in [0.2, 0.25) is 0 Å². The first-order valence-corrected chi connectivity index (χ1v) is 8.09. The average Bonchev–Trinajstić information content (AvgIpc) is 2.99. The largest absolute Gasteiger partial charge is 0.481 e. The smallest absolute Gasteiger partial charge is 0.312 e. The van der Waals surface area contributed by atoms with E-state index in [-0.39, 0.29) is 0 Å². The normalized spacial score (nSPS) is 23.1. The molecule has 1 fully saturated rings. The number of anilines is 1. The predicted octanol–water partition coefficient (Wildman–Crippen LogP) is 2.26. The Labute approximate surface area is 122 Å². The minimum Gasteiger partial charge on any atom is -0.481 e. The highest BCUT2D eigenvalue weighted by molar-refractivity contribution is 7.15. The summed E-state index contributed by atoms with van der Waals surface area (Å²) in [5.41, 5.74) is 0.810. The molecule has 1 unspecified atom stereocenters. The number of carbonyl (C=O) groups is 1. The van der Waals surface area contributed by atoms with Crippen LogP contribution in [0.4, 0.5) is 5.13 Å². The molecule has 0 radical (unpaired) electrons. The molecule has 2 aliphatic rings. The van der Waals surface area contributed by atoms with Gasteiger partial charge in [0, 0.05) is 24.6 Å². The van der Waals surface area contributed by atoms with Crippen molar-refractivity contribution in [2.24, 2.45) is 0 Å². The van der Waals surface area contributed by atoms with Crippen molar-refractivity contribution in [1.82, 2.24) is 4.98 Å². The molecule has 1 aliphatic carbocycles. The Morgan fingerprint density at radius 2 is 2.20 bits per heavy atom. The minimum absolute atomic E-state index is 0.370. The summed E-state index contributed by atoms with van der Waals surface area (Å²) >= 11 is 1.67. The maximum Gasteiger partial charge on any atom is 0.312 e. The first-order valence-electron chi connectivity index (χ1n) is 7.28. The highest BCUT2D eigenvalue weighted by Crippen LogP contribution is 2.40. The standard InChI is InChI=1S/C14H20N2O3S/c1-2-19-9-5-7-16(8-6-9)14-15-12-10(13(17)18)3-4-11(12)20-14/h9-10H,2-8H2,1H3,(H,17,18).